The fourth-order valence-electron chi connectivity index (χ4n) is 3.18. The van der Waals surface area contributed by atoms with E-state index in [0.717, 1.165) is 24.7 Å². The smallest absolute Gasteiger partial charge is 0.138 e. The number of hydrogen-bond acceptors (Lipinski definition) is 3. The Hall–Kier alpha value is -0.900. The van der Waals surface area contributed by atoms with E-state index >= 15 is 0 Å². The van der Waals surface area contributed by atoms with Crippen molar-refractivity contribution in [1.82, 2.24) is 20.1 Å². The summed E-state index contributed by atoms with van der Waals surface area (Å²) in [7, 11) is 2.09. The monoisotopic (exact) mass is 264 g/mol. The maximum absolute atomic E-state index is 4.46. The lowest BCUT2D eigenvalue weighted by Gasteiger charge is -2.30. The summed E-state index contributed by atoms with van der Waals surface area (Å²) in [5, 5.41) is 7.88. The van der Waals surface area contributed by atoms with E-state index in [4.69, 9.17) is 0 Å². The van der Waals surface area contributed by atoms with Crippen LogP contribution in [0.5, 0.6) is 0 Å². The van der Waals surface area contributed by atoms with Gasteiger partial charge < -0.3 is 5.32 Å². The number of nitrogens with zero attached hydrogens (tertiary/aromatic N) is 3. The first-order valence-corrected chi connectivity index (χ1v) is 7.74. The molecule has 1 fully saturated rings. The van der Waals surface area contributed by atoms with Gasteiger partial charge in [-0.05, 0) is 31.7 Å². The van der Waals surface area contributed by atoms with Crippen molar-refractivity contribution < 1.29 is 0 Å². The van der Waals surface area contributed by atoms with Gasteiger partial charge >= 0.3 is 0 Å². The van der Waals surface area contributed by atoms with Crippen LogP contribution in [0.1, 0.15) is 51.8 Å². The van der Waals surface area contributed by atoms with Gasteiger partial charge in [-0.15, -0.1) is 0 Å². The molecule has 1 aromatic rings. The average molecular weight is 264 g/mol. The maximum atomic E-state index is 4.46. The molecule has 2 rings (SSSR count). The molecule has 1 saturated carbocycles. The van der Waals surface area contributed by atoms with Crippen LogP contribution in [0.25, 0.3) is 0 Å². The lowest BCUT2D eigenvalue weighted by molar-refractivity contribution is 0.271. The fraction of sp³-hybridized carbons (Fsp3) is 0.867. The van der Waals surface area contributed by atoms with Gasteiger partial charge in [-0.25, -0.2) is 9.67 Å². The summed E-state index contributed by atoms with van der Waals surface area (Å²) in [5.74, 6) is 2.56. The molecule has 19 heavy (non-hydrogen) atoms. The van der Waals surface area contributed by atoms with E-state index in [1.807, 2.05) is 0 Å². The van der Waals surface area contributed by atoms with Crippen LogP contribution in [-0.2, 0) is 13.0 Å². The van der Waals surface area contributed by atoms with E-state index in [1.54, 1.807) is 6.33 Å². The molecular weight excluding hydrogens is 236 g/mol. The molecule has 0 bridgehead atoms. The second kappa shape index (κ2) is 7.04. The minimum Gasteiger partial charge on any atom is -0.316 e. The summed E-state index contributed by atoms with van der Waals surface area (Å²) in [6, 6.07) is 0.551. The van der Waals surface area contributed by atoms with Crippen LogP contribution in [0.2, 0.25) is 0 Å². The molecule has 0 radical (unpaired) electrons. The number of rotatable bonds is 6. The number of hydrogen-bond donors (Lipinski definition) is 1. The Morgan fingerprint density at radius 3 is 2.68 bits per heavy atom. The van der Waals surface area contributed by atoms with Crippen LogP contribution in [0, 0.1) is 11.8 Å². The molecular formula is C15H28N4. The molecule has 108 valence electrons. The van der Waals surface area contributed by atoms with Crippen molar-refractivity contribution in [3.63, 3.8) is 0 Å². The zero-order valence-corrected chi connectivity index (χ0v) is 12.6. The van der Waals surface area contributed by atoms with Gasteiger partial charge in [0, 0.05) is 19.0 Å². The zero-order chi connectivity index (χ0) is 13.7. The van der Waals surface area contributed by atoms with Crippen LogP contribution in [0.3, 0.4) is 0 Å². The molecule has 1 N–H and O–H groups in total. The van der Waals surface area contributed by atoms with Gasteiger partial charge in [0.1, 0.15) is 12.2 Å². The van der Waals surface area contributed by atoms with Crippen LogP contribution in [0.15, 0.2) is 6.33 Å². The van der Waals surface area contributed by atoms with E-state index in [0.29, 0.717) is 12.0 Å². The minimum absolute atomic E-state index is 0.551. The molecule has 1 atom stereocenters. The van der Waals surface area contributed by atoms with E-state index < -0.39 is 0 Å². The van der Waals surface area contributed by atoms with Crippen LogP contribution in [-0.4, -0.2) is 27.9 Å². The van der Waals surface area contributed by atoms with Gasteiger partial charge in [0.15, 0.2) is 0 Å². The molecule has 0 aliphatic heterocycles. The number of aromatic nitrogens is 3. The SMILES string of the molecule is CNC(Cc1ncnn1CC(C)C)C1CCCCC1. The molecule has 1 unspecified atom stereocenters. The quantitative estimate of drug-likeness (QED) is 0.859. The van der Waals surface area contributed by atoms with Crippen molar-refractivity contribution >= 4 is 0 Å². The van der Waals surface area contributed by atoms with E-state index in [2.05, 4.69) is 41.0 Å². The van der Waals surface area contributed by atoms with Crippen LogP contribution < -0.4 is 5.32 Å². The molecule has 0 saturated heterocycles. The third-order valence-corrected chi connectivity index (χ3v) is 4.23. The maximum Gasteiger partial charge on any atom is 0.138 e. The molecule has 1 aromatic heterocycles. The summed E-state index contributed by atoms with van der Waals surface area (Å²) in [6.07, 6.45) is 9.63. The van der Waals surface area contributed by atoms with Gasteiger partial charge in [0.2, 0.25) is 0 Å². The molecule has 1 aliphatic rings. The fourth-order valence-corrected chi connectivity index (χ4v) is 3.18. The van der Waals surface area contributed by atoms with Gasteiger partial charge in [-0.3, -0.25) is 0 Å². The predicted molar refractivity (Wildman–Crippen MR) is 78.0 cm³/mol. The second-order valence-corrected chi connectivity index (χ2v) is 6.25. The van der Waals surface area contributed by atoms with Crippen molar-refractivity contribution in [2.45, 2.75) is 65.0 Å². The summed E-state index contributed by atoms with van der Waals surface area (Å²) in [5.41, 5.74) is 0. The molecule has 1 heterocycles. The highest BCUT2D eigenvalue weighted by molar-refractivity contribution is 4.92. The third-order valence-electron chi connectivity index (χ3n) is 4.23. The molecule has 0 aromatic carbocycles. The Kier molecular flexibility index (Phi) is 5.37. The van der Waals surface area contributed by atoms with Gasteiger partial charge in [0.25, 0.3) is 0 Å². The van der Waals surface area contributed by atoms with Crippen molar-refractivity contribution in [2.24, 2.45) is 11.8 Å². The van der Waals surface area contributed by atoms with Crippen molar-refractivity contribution in [3.8, 4) is 0 Å². The Morgan fingerprint density at radius 1 is 1.32 bits per heavy atom. The van der Waals surface area contributed by atoms with Gasteiger partial charge in [0.05, 0.1) is 0 Å². The van der Waals surface area contributed by atoms with Crippen molar-refractivity contribution in [3.05, 3.63) is 12.2 Å². The summed E-state index contributed by atoms with van der Waals surface area (Å²) in [6.45, 7) is 5.42. The Morgan fingerprint density at radius 2 is 2.05 bits per heavy atom. The molecule has 0 spiro atoms. The highest BCUT2D eigenvalue weighted by Crippen LogP contribution is 2.27. The van der Waals surface area contributed by atoms with E-state index in [-0.39, 0.29) is 0 Å². The van der Waals surface area contributed by atoms with Gasteiger partial charge in [-0.2, -0.15) is 5.10 Å². The molecule has 4 heteroatoms. The number of nitrogens with one attached hydrogen (secondary N) is 1. The summed E-state index contributed by atoms with van der Waals surface area (Å²) >= 11 is 0. The Labute approximate surface area is 117 Å². The Balaban J connectivity index is 1.99. The highest BCUT2D eigenvalue weighted by atomic mass is 15.3. The zero-order valence-electron chi connectivity index (χ0n) is 12.6. The highest BCUT2D eigenvalue weighted by Gasteiger charge is 2.24. The van der Waals surface area contributed by atoms with Crippen molar-refractivity contribution in [2.75, 3.05) is 7.05 Å². The molecule has 0 amide bonds. The lowest BCUT2D eigenvalue weighted by Crippen LogP contribution is -2.37. The average Bonchev–Trinajstić information content (AvgIpc) is 2.83. The van der Waals surface area contributed by atoms with Gasteiger partial charge in [-0.1, -0.05) is 33.1 Å². The topological polar surface area (TPSA) is 42.7 Å². The normalized spacial score (nSPS) is 18.9. The lowest BCUT2D eigenvalue weighted by atomic mass is 9.82. The van der Waals surface area contributed by atoms with E-state index in [9.17, 15) is 0 Å². The standard InChI is InChI=1S/C15H28N4/c1-12(2)10-19-15(17-11-18-19)9-14(16-3)13-7-5-4-6-8-13/h11-14,16H,4-10H2,1-3H3. The number of likely N-dealkylation sites (N-methyl/N-ethyl adjacent to an activating group) is 1. The first kappa shape index (κ1) is 14.5. The predicted octanol–water partition coefficient (Wildman–Crippen LogP) is 2.64. The van der Waals surface area contributed by atoms with E-state index in [1.165, 1.54) is 32.1 Å². The first-order valence-electron chi connectivity index (χ1n) is 7.74. The molecule has 4 nitrogen and oxygen atoms in total. The second-order valence-electron chi connectivity index (χ2n) is 6.25. The largest absolute Gasteiger partial charge is 0.316 e. The summed E-state index contributed by atoms with van der Waals surface area (Å²) < 4.78 is 2.08. The molecule has 1 aliphatic carbocycles. The Bertz CT molecular complexity index is 366. The minimum atomic E-state index is 0.551. The van der Waals surface area contributed by atoms with Crippen molar-refractivity contribution in [1.29, 1.82) is 0 Å². The van der Waals surface area contributed by atoms with Crippen LogP contribution in [0.4, 0.5) is 0 Å². The summed E-state index contributed by atoms with van der Waals surface area (Å²) in [4.78, 5) is 4.46. The first-order chi connectivity index (χ1) is 9.20. The third kappa shape index (κ3) is 4.03. The van der Waals surface area contributed by atoms with Crippen LogP contribution >= 0.6 is 0 Å².